The quantitative estimate of drug-likeness (QED) is 0.840. The van der Waals surface area contributed by atoms with Crippen LogP contribution in [0.5, 0.6) is 0 Å². The van der Waals surface area contributed by atoms with Gasteiger partial charge in [0.1, 0.15) is 6.61 Å². The molecule has 2 N–H and O–H groups in total. The van der Waals surface area contributed by atoms with Gasteiger partial charge in [0, 0.05) is 5.69 Å². The van der Waals surface area contributed by atoms with E-state index in [2.05, 4.69) is 5.32 Å². The third-order valence-corrected chi connectivity index (χ3v) is 3.26. The van der Waals surface area contributed by atoms with Crippen molar-refractivity contribution in [2.75, 3.05) is 5.32 Å². The van der Waals surface area contributed by atoms with Gasteiger partial charge in [-0.3, -0.25) is 5.32 Å². The Morgan fingerprint density at radius 3 is 2.90 bits per heavy atom. The highest BCUT2D eigenvalue weighted by Crippen LogP contribution is 2.15. The average molecular weight is 283 g/mol. The highest BCUT2D eigenvalue weighted by Gasteiger charge is 2.27. The van der Waals surface area contributed by atoms with Crippen molar-refractivity contribution in [1.82, 2.24) is 0 Å². The summed E-state index contributed by atoms with van der Waals surface area (Å²) in [5.74, 6) is 0. The third-order valence-electron chi connectivity index (χ3n) is 3.26. The maximum atomic E-state index is 11.7. The molecule has 2 aromatic carbocycles. The summed E-state index contributed by atoms with van der Waals surface area (Å²) < 4.78 is 10.2. The molecule has 0 aromatic heterocycles. The van der Waals surface area contributed by atoms with Gasteiger partial charge in [-0.2, -0.15) is 0 Å². The molecule has 106 valence electrons. The van der Waals surface area contributed by atoms with E-state index in [4.69, 9.17) is 9.39 Å². The normalized spacial score (nSPS) is 12.9. The average Bonchev–Trinajstić information content (AvgIpc) is 2.87. The molecule has 5 nitrogen and oxygen atoms in total. The number of benzene rings is 2. The first-order valence-corrected chi connectivity index (χ1v) is 6.62. The van der Waals surface area contributed by atoms with Crippen molar-refractivity contribution in [2.24, 2.45) is 0 Å². The largest absolute Gasteiger partial charge is 0.491 e. The number of ether oxygens (including phenoxy) is 1. The van der Waals surface area contributed by atoms with Crippen LogP contribution in [0.1, 0.15) is 11.1 Å². The van der Waals surface area contributed by atoms with Crippen LogP contribution in [0.4, 0.5) is 10.5 Å². The van der Waals surface area contributed by atoms with Gasteiger partial charge in [-0.15, -0.1) is 0 Å². The second kappa shape index (κ2) is 5.99. The van der Waals surface area contributed by atoms with E-state index in [1.54, 1.807) is 18.2 Å². The van der Waals surface area contributed by atoms with Crippen LogP contribution in [0.2, 0.25) is 0 Å². The summed E-state index contributed by atoms with van der Waals surface area (Å²) in [7, 11) is -0.876. The van der Waals surface area contributed by atoms with E-state index in [0.717, 1.165) is 16.6 Å². The van der Waals surface area contributed by atoms with Gasteiger partial charge in [-0.25, -0.2) is 4.79 Å². The van der Waals surface area contributed by atoms with E-state index in [0.29, 0.717) is 12.3 Å². The van der Waals surface area contributed by atoms with Crippen molar-refractivity contribution in [3.05, 3.63) is 59.7 Å². The Hall–Kier alpha value is -2.31. The Labute approximate surface area is 122 Å². The number of carbonyl (C=O) groups is 1. The molecule has 0 unspecified atom stereocenters. The van der Waals surface area contributed by atoms with Crippen molar-refractivity contribution in [3.8, 4) is 0 Å². The van der Waals surface area contributed by atoms with E-state index >= 15 is 0 Å². The van der Waals surface area contributed by atoms with E-state index in [9.17, 15) is 9.82 Å². The topological polar surface area (TPSA) is 67.8 Å². The first-order chi connectivity index (χ1) is 10.2. The Bertz CT molecular complexity index is 647. The van der Waals surface area contributed by atoms with E-state index in [-0.39, 0.29) is 6.61 Å². The number of rotatable bonds is 3. The van der Waals surface area contributed by atoms with Crippen LogP contribution in [0.25, 0.3) is 0 Å². The van der Waals surface area contributed by atoms with Gasteiger partial charge in [0.05, 0.1) is 6.61 Å². The summed E-state index contributed by atoms with van der Waals surface area (Å²) in [6, 6.07) is 14.7. The van der Waals surface area contributed by atoms with Gasteiger partial charge >= 0.3 is 13.2 Å². The summed E-state index contributed by atoms with van der Waals surface area (Å²) in [4.78, 5) is 11.7. The fourth-order valence-electron chi connectivity index (χ4n) is 2.18. The van der Waals surface area contributed by atoms with Crippen LogP contribution < -0.4 is 10.8 Å². The lowest BCUT2D eigenvalue weighted by Gasteiger charge is -2.08. The van der Waals surface area contributed by atoms with Gasteiger partial charge in [0.2, 0.25) is 0 Å². The van der Waals surface area contributed by atoms with Gasteiger partial charge < -0.3 is 14.4 Å². The SMILES string of the molecule is O=C(Nc1ccc2c(c1)COB2O)OCc1ccccc1. The van der Waals surface area contributed by atoms with Crippen molar-refractivity contribution in [1.29, 1.82) is 0 Å². The summed E-state index contributed by atoms with van der Waals surface area (Å²) >= 11 is 0. The summed E-state index contributed by atoms with van der Waals surface area (Å²) in [5.41, 5.74) is 3.14. The number of anilines is 1. The molecule has 3 rings (SSSR count). The first kappa shape index (κ1) is 13.7. The van der Waals surface area contributed by atoms with Crippen LogP contribution in [0.3, 0.4) is 0 Å². The molecule has 1 amide bonds. The fraction of sp³-hybridized carbons (Fsp3) is 0.133. The Kier molecular flexibility index (Phi) is 3.90. The molecular formula is C15H14BNO4. The summed E-state index contributed by atoms with van der Waals surface area (Å²) in [6.45, 7) is 0.560. The second-order valence-corrected chi connectivity index (χ2v) is 4.76. The summed E-state index contributed by atoms with van der Waals surface area (Å²) in [5, 5.41) is 12.2. The van der Waals surface area contributed by atoms with Gasteiger partial charge in [0.25, 0.3) is 0 Å². The lowest BCUT2D eigenvalue weighted by atomic mass is 9.79. The molecule has 2 aromatic rings. The number of fused-ring (bicyclic) bond motifs is 1. The minimum Gasteiger partial charge on any atom is -0.444 e. The number of hydrogen-bond acceptors (Lipinski definition) is 4. The van der Waals surface area contributed by atoms with Gasteiger partial charge in [0.15, 0.2) is 0 Å². The molecule has 0 radical (unpaired) electrons. The third kappa shape index (κ3) is 3.24. The molecule has 1 heterocycles. The number of amides is 1. The zero-order chi connectivity index (χ0) is 14.7. The van der Waals surface area contributed by atoms with Crippen molar-refractivity contribution in [2.45, 2.75) is 13.2 Å². The smallest absolute Gasteiger partial charge is 0.444 e. The zero-order valence-corrected chi connectivity index (χ0v) is 11.3. The minimum absolute atomic E-state index is 0.222. The number of carbonyl (C=O) groups excluding carboxylic acids is 1. The van der Waals surface area contributed by atoms with Gasteiger partial charge in [-0.1, -0.05) is 36.4 Å². The maximum absolute atomic E-state index is 11.7. The van der Waals surface area contributed by atoms with Crippen LogP contribution in [0.15, 0.2) is 48.5 Å². The molecular weight excluding hydrogens is 269 g/mol. The molecule has 0 aliphatic carbocycles. The van der Waals surface area contributed by atoms with Crippen molar-refractivity contribution >= 4 is 24.4 Å². The lowest BCUT2D eigenvalue weighted by molar-refractivity contribution is 0.155. The number of hydrogen-bond donors (Lipinski definition) is 2. The van der Waals surface area contributed by atoms with E-state index < -0.39 is 13.2 Å². The monoisotopic (exact) mass is 283 g/mol. The maximum Gasteiger partial charge on any atom is 0.491 e. The van der Waals surface area contributed by atoms with Crippen LogP contribution in [-0.4, -0.2) is 18.2 Å². The van der Waals surface area contributed by atoms with Crippen molar-refractivity contribution < 1.29 is 19.2 Å². The molecule has 0 saturated carbocycles. The first-order valence-electron chi connectivity index (χ1n) is 6.62. The lowest BCUT2D eigenvalue weighted by Crippen LogP contribution is -2.28. The van der Waals surface area contributed by atoms with E-state index in [1.165, 1.54) is 0 Å². The Balaban J connectivity index is 1.58. The second-order valence-electron chi connectivity index (χ2n) is 4.76. The molecule has 6 heteroatoms. The molecule has 0 bridgehead atoms. The predicted octanol–water partition coefficient (Wildman–Crippen LogP) is 1.65. The Morgan fingerprint density at radius 2 is 2.10 bits per heavy atom. The molecule has 0 spiro atoms. The van der Waals surface area contributed by atoms with Crippen LogP contribution in [0, 0.1) is 0 Å². The van der Waals surface area contributed by atoms with Gasteiger partial charge in [-0.05, 0) is 28.7 Å². The summed E-state index contributed by atoms with van der Waals surface area (Å²) in [6.07, 6.45) is -0.515. The molecule has 0 fully saturated rings. The molecule has 0 saturated heterocycles. The molecule has 1 aliphatic heterocycles. The van der Waals surface area contributed by atoms with Crippen LogP contribution in [-0.2, 0) is 22.6 Å². The molecule has 1 aliphatic rings. The Morgan fingerprint density at radius 1 is 1.29 bits per heavy atom. The highest BCUT2D eigenvalue weighted by molar-refractivity contribution is 6.61. The fourth-order valence-corrected chi connectivity index (χ4v) is 2.18. The standard InChI is InChI=1S/C15H14BNO4/c18-15(20-9-11-4-2-1-3-5-11)17-13-6-7-14-12(8-13)10-21-16(14)19/h1-8,19H,9-10H2,(H,17,18). The predicted molar refractivity (Wildman–Crippen MR) is 79.1 cm³/mol. The van der Waals surface area contributed by atoms with E-state index in [1.807, 2.05) is 30.3 Å². The molecule has 21 heavy (non-hydrogen) atoms. The number of nitrogens with one attached hydrogen (secondary N) is 1. The van der Waals surface area contributed by atoms with Crippen molar-refractivity contribution in [3.63, 3.8) is 0 Å². The highest BCUT2D eigenvalue weighted by atomic mass is 16.5. The molecule has 0 atom stereocenters. The zero-order valence-electron chi connectivity index (χ0n) is 11.3. The minimum atomic E-state index is -0.876. The van der Waals surface area contributed by atoms with Crippen LogP contribution >= 0.6 is 0 Å².